The van der Waals surface area contributed by atoms with E-state index in [1.165, 1.54) is 0 Å². The molecule has 0 atom stereocenters. The molecule has 0 aromatic rings. The van der Waals surface area contributed by atoms with E-state index in [-0.39, 0.29) is 103 Å². The first-order chi connectivity index (χ1) is 8.07. The summed E-state index contributed by atoms with van der Waals surface area (Å²) in [5.74, 6) is 0. The van der Waals surface area contributed by atoms with Crippen LogP contribution in [-0.4, -0.2) is 0 Å². The van der Waals surface area contributed by atoms with Gasteiger partial charge >= 0.3 is 131 Å². The van der Waals surface area contributed by atoms with E-state index < -0.39 is 0 Å². The topological polar surface area (TPSA) is 262 Å². The summed E-state index contributed by atoms with van der Waals surface area (Å²) in [6, 6.07) is 0. The normalized spacial score (nSPS) is 3.53. The molecule has 19 heavy (non-hydrogen) atoms. The van der Waals surface area contributed by atoms with Crippen molar-refractivity contribution in [3.8, 4) is 0 Å². The van der Waals surface area contributed by atoms with E-state index in [2.05, 4.69) is 9.42 Å². The van der Waals surface area contributed by atoms with Crippen molar-refractivity contribution in [2.24, 2.45) is 26.7 Å². The van der Waals surface area contributed by atoms with Gasteiger partial charge in [-0.3, -0.25) is 0 Å². The summed E-state index contributed by atoms with van der Waals surface area (Å²) in [5, 5.41) is 45.0. The van der Waals surface area contributed by atoms with Crippen molar-refractivity contribution in [3.63, 3.8) is 0 Å². The molecule has 0 bridgehead atoms. The zero-order valence-corrected chi connectivity index (χ0v) is 18.3. The average molecular weight is 539 g/mol. The Morgan fingerprint density at radius 3 is 0.526 bits per heavy atom. The van der Waals surface area contributed by atoms with Crippen LogP contribution in [0.25, 0.3) is 0 Å². The molecule has 0 aromatic heterocycles. The Hall–Kier alpha value is 1.25. The fraction of sp³-hybridized carbons (Fsp3) is 0. The van der Waals surface area contributed by atoms with Crippen molar-refractivity contribution in [2.75, 3.05) is 0 Å². The molecule has 0 aliphatic heterocycles. The second kappa shape index (κ2) is 164. The van der Waals surface area contributed by atoms with Crippen LogP contribution in [-0.2, 0) is 18.8 Å². The van der Waals surface area contributed by atoms with Gasteiger partial charge in [-0.05, 0) is 0 Å². The average Bonchev–Trinajstić information content (AvgIpc) is 2.25. The smallest absolute Gasteiger partial charge is 1.00 e. The standard InChI is InChI=1S/ClH.2K.5HNO2.Pt/c;;;5*2-1-3;/h1H;;;5*(H,2,3);/q;2*+1;;;;;;+1/p-6. The predicted octanol–water partition coefficient (Wildman–Crippen LogP) is -4.05. The minimum absolute atomic E-state index is 0. The van der Waals surface area contributed by atoms with Crippen LogP contribution in [0.4, 0.5) is 0 Å². The predicted molar refractivity (Wildman–Crippen MR) is 51.7 cm³/mol. The maximum atomic E-state index is 8.00. The van der Waals surface area contributed by atoms with Crippen molar-refractivity contribution in [2.45, 2.75) is 0 Å². The van der Waals surface area contributed by atoms with Gasteiger partial charge in [-0.15, -0.1) is 26.7 Å². The molecule has 0 aromatic carbocycles. The SMILES string of the molecule is O=N[O-].O=N[O-].O=N[O-].O=N[O-].O=N[O-].[Cl][Pt].[K+].[K+]. The van der Waals surface area contributed by atoms with Crippen LogP contribution in [0, 0.1) is 50.6 Å². The molecule has 0 rings (SSSR count). The van der Waals surface area contributed by atoms with Gasteiger partial charge in [0.05, 0.1) is 0 Å². The second-order valence-corrected chi connectivity index (χ2v) is 0.373. The summed E-state index contributed by atoms with van der Waals surface area (Å²) >= 11 is 1.61. The Morgan fingerprint density at radius 2 is 0.526 bits per heavy atom. The zero-order valence-electron chi connectivity index (χ0n) is 9.01. The summed E-state index contributed by atoms with van der Waals surface area (Å²) in [5.41, 5.74) is 0. The Labute approximate surface area is 204 Å². The van der Waals surface area contributed by atoms with Crippen LogP contribution in [0.3, 0.4) is 0 Å². The molecule has 0 heterocycles. The fourth-order valence-corrected chi connectivity index (χ4v) is 0. The van der Waals surface area contributed by atoms with Gasteiger partial charge in [0.2, 0.25) is 0 Å². The van der Waals surface area contributed by atoms with Gasteiger partial charge in [-0.25, -0.2) is 0 Å². The first kappa shape index (κ1) is 50.0. The van der Waals surface area contributed by atoms with E-state index in [1.807, 2.05) is 0 Å². The van der Waals surface area contributed by atoms with Crippen LogP contribution < -0.4 is 103 Å². The summed E-state index contributed by atoms with van der Waals surface area (Å²) < 4.78 is 0. The Balaban J connectivity index is -0.0000000125. The maximum Gasteiger partial charge on any atom is 1.00 e. The molecule has 107 valence electrons. The maximum absolute atomic E-state index is 8.00. The third-order valence-corrected chi connectivity index (χ3v) is 0. The van der Waals surface area contributed by atoms with Crippen LogP contribution in [0.15, 0.2) is 26.7 Å². The molecule has 0 saturated carbocycles. The first-order valence-corrected chi connectivity index (χ1v) is 4.76. The quantitative estimate of drug-likeness (QED) is 0.163. The van der Waals surface area contributed by atoms with Crippen molar-refractivity contribution in [3.05, 3.63) is 50.6 Å². The first-order valence-electron chi connectivity index (χ1n) is 1.95. The minimum atomic E-state index is 0. The van der Waals surface area contributed by atoms with E-state index >= 15 is 0 Å². The van der Waals surface area contributed by atoms with Crippen molar-refractivity contribution >= 4 is 9.42 Å². The third-order valence-electron chi connectivity index (χ3n) is 0. The third kappa shape index (κ3) is 3660. The molecule has 0 fully saturated rings. The molecule has 0 unspecified atom stereocenters. The van der Waals surface area contributed by atoms with Crippen LogP contribution in [0.2, 0.25) is 0 Å². The molecule has 0 amide bonds. The summed E-state index contributed by atoms with van der Waals surface area (Å²) in [6.45, 7) is 0. The van der Waals surface area contributed by atoms with Gasteiger partial charge < -0.3 is 50.6 Å². The Bertz CT molecular complexity index is 106. The summed E-state index contributed by atoms with van der Waals surface area (Å²) in [4.78, 5) is 40.0. The van der Waals surface area contributed by atoms with Crippen molar-refractivity contribution in [1.82, 2.24) is 0 Å². The van der Waals surface area contributed by atoms with E-state index in [1.54, 1.807) is 18.8 Å². The van der Waals surface area contributed by atoms with Crippen molar-refractivity contribution < 1.29 is 122 Å². The molecule has 0 spiro atoms. The number of hydrogen-bond donors (Lipinski definition) is 0. The molecule has 0 saturated heterocycles. The number of hydrogen-bond acceptors (Lipinski definition) is 15. The monoisotopic (exact) mass is 538 g/mol. The molecule has 19 heteroatoms. The van der Waals surface area contributed by atoms with Gasteiger partial charge in [0.15, 0.2) is 0 Å². The summed E-state index contributed by atoms with van der Waals surface area (Å²) in [7, 11) is 4.61. The van der Waals surface area contributed by atoms with E-state index in [9.17, 15) is 0 Å². The molecule has 0 aliphatic carbocycles. The Kier molecular flexibility index (Phi) is 432. The molecule has 0 radical (unpaired) electrons. The molecule has 15 nitrogen and oxygen atoms in total. The van der Waals surface area contributed by atoms with Crippen LogP contribution in [0.1, 0.15) is 0 Å². The van der Waals surface area contributed by atoms with Crippen molar-refractivity contribution in [1.29, 1.82) is 0 Å². The zero-order chi connectivity index (χ0) is 15.5. The molecular weight excluding hydrogens is 539 g/mol. The van der Waals surface area contributed by atoms with E-state index in [0.717, 1.165) is 26.7 Å². The minimum Gasteiger partial charge on any atom is 1.00 e. The summed E-state index contributed by atoms with van der Waals surface area (Å²) in [6.07, 6.45) is 0. The molecular formula is ClK2N5O10Pt-3. The van der Waals surface area contributed by atoms with E-state index in [0.29, 0.717) is 0 Å². The van der Waals surface area contributed by atoms with Gasteiger partial charge in [0, 0.05) is 0 Å². The van der Waals surface area contributed by atoms with Gasteiger partial charge in [-0.2, -0.15) is 0 Å². The fourth-order valence-electron chi connectivity index (χ4n) is 0. The molecule has 0 aliphatic rings. The van der Waals surface area contributed by atoms with Gasteiger partial charge in [0.25, 0.3) is 0 Å². The van der Waals surface area contributed by atoms with Crippen LogP contribution in [0.5, 0.6) is 0 Å². The molecule has 0 N–H and O–H groups in total. The number of rotatable bonds is 0. The number of nitrogens with zero attached hydrogens (tertiary/aromatic N) is 5. The van der Waals surface area contributed by atoms with Gasteiger partial charge in [-0.1, -0.05) is 0 Å². The largest absolute Gasteiger partial charge is 1.00 e. The van der Waals surface area contributed by atoms with E-state index in [4.69, 9.17) is 50.6 Å². The number of halogens is 1. The van der Waals surface area contributed by atoms with Crippen LogP contribution >= 0.6 is 9.42 Å². The Morgan fingerprint density at radius 1 is 0.526 bits per heavy atom. The second-order valence-electron chi connectivity index (χ2n) is 0.373. The van der Waals surface area contributed by atoms with Gasteiger partial charge in [0.1, 0.15) is 0 Å².